The Kier molecular flexibility index (Phi) is 8.83. The smallest absolute Gasteiger partial charge is 0.257 e. The highest BCUT2D eigenvalue weighted by Gasteiger charge is 2.34. The van der Waals surface area contributed by atoms with Gasteiger partial charge >= 0.3 is 0 Å². The Morgan fingerprint density at radius 2 is 1.90 bits per heavy atom. The molecule has 1 aliphatic rings. The molecule has 0 radical (unpaired) electrons. The van der Waals surface area contributed by atoms with Crippen molar-refractivity contribution in [2.24, 2.45) is 0 Å². The second kappa shape index (κ2) is 12.7. The number of methoxy groups -OCH3 is 1. The Balaban J connectivity index is 1.33. The van der Waals surface area contributed by atoms with E-state index < -0.39 is 0 Å². The molecular weight excluding hydrogens is 534 g/mol. The molecule has 0 aliphatic carbocycles. The highest BCUT2D eigenvalue weighted by Crippen LogP contribution is 2.29. The van der Waals surface area contributed by atoms with E-state index in [-0.39, 0.29) is 23.8 Å². The van der Waals surface area contributed by atoms with E-state index >= 15 is 0 Å². The van der Waals surface area contributed by atoms with Crippen molar-refractivity contribution in [3.63, 3.8) is 0 Å². The molecule has 1 saturated heterocycles. The van der Waals surface area contributed by atoms with Crippen LogP contribution in [0.3, 0.4) is 0 Å². The summed E-state index contributed by atoms with van der Waals surface area (Å²) in [5, 5.41) is 7.34. The molecule has 214 valence electrons. The van der Waals surface area contributed by atoms with Gasteiger partial charge in [-0.1, -0.05) is 62.7 Å². The predicted octanol–water partition coefficient (Wildman–Crippen LogP) is 5.82. The Morgan fingerprint density at radius 1 is 1.10 bits per heavy atom. The van der Waals surface area contributed by atoms with Crippen LogP contribution in [0.25, 0.3) is 16.4 Å². The fourth-order valence-electron chi connectivity index (χ4n) is 5.55. The maximum Gasteiger partial charge on any atom is 0.257 e. The Morgan fingerprint density at radius 3 is 2.61 bits per heavy atom. The van der Waals surface area contributed by atoms with Crippen molar-refractivity contribution in [3.05, 3.63) is 83.0 Å². The van der Waals surface area contributed by atoms with Gasteiger partial charge in [0, 0.05) is 36.6 Å². The molecule has 1 fully saturated rings. The van der Waals surface area contributed by atoms with Gasteiger partial charge in [0.15, 0.2) is 0 Å². The molecule has 8 nitrogen and oxygen atoms in total. The molecule has 9 heteroatoms. The van der Waals surface area contributed by atoms with E-state index in [2.05, 4.69) is 18.9 Å². The molecule has 5 rings (SSSR count). The first-order valence-electron chi connectivity index (χ1n) is 14.3. The first kappa shape index (κ1) is 28.5. The first-order valence-corrected chi connectivity index (χ1v) is 15.1. The van der Waals surface area contributed by atoms with E-state index in [1.807, 2.05) is 76.7 Å². The van der Waals surface area contributed by atoms with Gasteiger partial charge in [0.2, 0.25) is 11.0 Å². The van der Waals surface area contributed by atoms with Crippen molar-refractivity contribution < 1.29 is 14.3 Å². The number of ether oxygens (including phenoxy) is 1. The topological polar surface area (TPSA) is 80.6 Å². The average Bonchev–Trinajstić information content (AvgIpc) is 3.65. The van der Waals surface area contributed by atoms with Gasteiger partial charge in [0.25, 0.3) is 5.91 Å². The molecule has 0 saturated carbocycles. The zero-order valence-corrected chi connectivity index (χ0v) is 24.9. The number of carbonyl (C=O) groups excluding carboxylic acids is 2. The zero-order valence-electron chi connectivity index (χ0n) is 24.1. The molecule has 0 bridgehead atoms. The summed E-state index contributed by atoms with van der Waals surface area (Å²) in [5.74, 6) is 0.694. The Hall–Kier alpha value is -3.98. The SMILES string of the molecule is CCCc1c(C(=O)N2CCN(C(=O)C(CC)c3ccccc3)C(C)C2)cnn1-c1nc(-c2cccc(OC)c2)cs1. The monoisotopic (exact) mass is 571 g/mol. The Bertz CT molecular complexity index is 1500. The van der Waals surface area contributed by atoms with Crippen molar-refractivity contribution in [2.75, 3.05) is 26.7 Å². The maximum absolute atomic E-state index is 13.8. The normalized spacial score (nSPS) is 16.0. The number of aromatic nitrogens is 3. The van der Waals surface area contributed by atoms with Crippen LogP contribution >= 0.6 is 11.3 Å². The zero-order chi connectivity index (χ0) is 28.9. The lowest BCUT2D eigenvalue weighted by Crippen LogP contribution is -2.56. The van der Waals surface area contributed by atoms with Gasteiger partial charge in [-0.05, 0) is 37.5 Å². The van der Waals surface area contributed by atoms with Crippen molar-refractivity contribution >= 4 is 23.2 Å². The predicted molar refractivity (Wildman–Crippen MR) is 162 cm³/mol. The number of rotatable bonds is 9. The summed E-state index contributed by atoms with van der Waals surface area (Å²) in [6.45, 7) is 7.68. The van der Waals surface area contributed by atoms with Crippen molar-refractivity contribution in [1.82, 2.24) is 24.6 Å². The summed E-state index contributed by atoms with van der Waals surface area (Å²) in [6, 6.07) is 17.7. The standard InChI is InChI=1S/C32H37N5O3S/c1-5-11-29-27(19-33-37(29)32-34-28(21-41-32)24-14-10-15-25(18-24)40-4)30(38)35-16-17-36(22(3)20-35)31(39)26(6-2)23-12-8-7-9-13-23/h7-10,12-15,18-19,21-22,26H,5-6,11,16-17,20H2,1-4H3. The number of hydrogen-bond acceptors (Lipinski definition) is 6. The molecule has 2 amide bonds. The Labute approximate surface area is 245 Å². The summed E-state index contributed by atoms with van der Waals surface area (Å²) >= 11 is 1.50. The van der Waals surface area contributed by atoms with Crippen molar-refractivity contribution in [2.45, 2.75) is 52.0 Å². The molecule has 4 aromatic rings. The van der Waals surface area contributed by atoms with E-state index in [1.54, 1.807) is 18.0 Å². The van der Waals surface area contributed by atoms with Crippen LogP contribution in [0, 0.1) is 0 Å². The van der Waals surface area contributed by atoms with E-state index in [0.29, 0.717) is 31.6 Å². The quantitative estimate of drug-likeness (QED) is 0.253. The lowest BCUT2D eigenvalue weighted by atomic mass is 9.94. The maximum atomic E-state index is 13.8. The van der Waals surface area contributed by atoms with Crippen LogP contribution in [-0.2, 0) is 11.2 Å². The molecule has 1 aliphatic heterocycles. The minimum absolute atomic E-state index is 0.0432. The minimum atomic E-state index is -0.171. The summed E-state index contributed by atoms with van der Waals surface area (Å²) in [6.07, 6.45) is 3.99. The van der Waals surface area contributed by atoms with Crippen LogP contribution in [0.4, 0.5) is 0 Å². The van der Waals surface area contributed by atoms with Crippen LogP contribution < -0.4 is 4.74 Å². The van der Waals surface area contributed by atoms with Gasteiger partial charge in [-0.3, -0.25) is 9.59 Å². The van der Waals surface area contributed by atoms with Crippen LogP contribution in [0.15, 0.2) is 66.2 Å². The molecule has 41 heavy (non-hydrogen) atoms. The minimum Gasteiger partial charge on any atom is -0.497 e. The van der Waals surface area contributed by atoms with Gasteiger partial charge in [-0.15, -0.1) is 11.3 Å². The lowest BCUT2D eigenvalue weighted by Gasteiger charge is -2.41. The number of amides is 2. The van der Waals surface area contributed by atoms with Gasteiger partial charge in [-0.2, -0.15) is 5.10 Å². The average molecular weight is 572 g/mol. The largest absolute Gasteiger partial charge is 0.497 e. The summed E-state index contributed by atoms with van der Waals surface area (Å²) in [4.78, 5) is 36.0. The molecule has 2 unspecified atom stereocenters. The van der Waals surface area contributed by atoms with Gasteiger partial charge < -0.3 is 14.5 Å². The van der Waals surface area contributed by atoms with Crippen molar-refractivity contribution in [3.8, 4) is 22.1 Å². The second-order valence-corrected chi connectivity index (χ2v) is 11.3. The van der Waals surface area contributed by atoms with Gasteiger partial charge in [-0.25, -0.2) is 9.67 Å². The number of carbonyl (C=O) groups is 2. The van der Waals surface area contributed by atoms with E-state index in [9.17, 15) is 9.59 Å². The molecule has 2 aromatic carbocycles. The molecule has 2 aromatic heterocycles. The highest BCUT2D eigenvalue weighted by atomic mass is 32.1. The molecule has 2 atom stereocenters. The molecule has 0 spiro atoms. The molecular formula is C32H37N5O3S. The first-order chi connectivity index (χ1) is 19.9. The third-order valence-corrected chi connectivity index (χ3v) is 8.55. The van der Waals surface area contributed by atoms with Crippen LogP contribution in [0.2, 0.25) is 0 Å². The fraction of sp³-hybridized carbons (Fsp3) is 0.375. The van der Waals surface area contributed by atoms with Crippen LogP contribution in [0.1, 0.15) is 61.1 Å². The third kappa shape index (κ3) is 5.91. The fourth-order valence-corrected chi connectivity index (χ4v) is 6.36. The summed E-state index contributed by atoms with van der Waals surface area (Å²) in [5.41, 5.74) is 4.31. The van der Waals surface area contributed by atoms with Crippen LogP contribution in [-0.4, -0.2) is 69.2 Å². The van der Waals surface area contributed by atoms with Gasteiger partial charge in [0.05, 0.1) is 36.2 Å². The number of benzene rings is 2. The van der Waals surface area contributed by atoms with E-state index in [0.717, 1.165) is 46.2 Å². The summed E-state index contributed by atoms with van der Waals surface area (Å²) < 4.78 is 7.17. The number of thiazole rings is 1. The number of piperazine rings is 1. The highest BCUT2D eigenvalue weighted by molar-refractivity contribution is 7.12. The summed E-state index contributed by atoms with van der Waals surface area (Å²) in [7, 11) is 1.65. The van der Waals surface area contributed by atoms with Crippen LogP contribution in [0.5, 0.6) is 5.75 Å². The lowest BCUT2D eigenvalue weighted by molar-refractivity contribution is -0.137. The van der Waals surface area contributed by atoms with E-state index in [1.165, 1.54) is 11.3 Å². The van der Waals surface area contributed by atoms with Gasteiger partial charge in [0.1, 0.15) is 5.75 Å². The third-order valence-electron chi connectivity index (χ3n) is 7.73. The number of hydrogen-bond donors (Lipinski definition) is 0. The van der Waals surface area contributed by atoms with E-state index in [4.69, 9.17) is 9.72 Å². The number of nitrogens with zero attached hydrogens (tertiary/aromatic N) is 5. The molecule has 0 N–H and O–H groups in total. The second-order valence-electron chi connectivity index (χ2n) is 10.4. The van der Waals surface area contributed by atoms with Crippen molar-refractivity contribution in [1.29, 1.82) is 0 Å². The molecule has 3 heterocycles.